The highest BCUT2D eigenvalue weighted by atomic mass is 16.1. The number of amides is 1. The fourth-order valence-corrected chi connectivity index (χ4v) is 1.25. The third-order valence-corrected chi connectivity index (χ3v) is 1.86. The molecule has 0 radical (unpaired) electrons. The Bertz CT molecular complexity index is 448. The normalized spacial score (nSPS) is 10.2. The number of nitrogens with zero attached hydrogens (tertiary/aromatic N) is 3. The lowest BCUT2D eigenvalue weighted by atomic mass is 10.4. The van der Waals surface area contributed by atoms with E-state index in [4.69, 9.17) is 0 Å². The van der Waals surface area contributed by atoms with E-state index < -0.39 is 0 Å². The van der Waals surface area contributed by atoms with E-state index in [0.717, 1.165) is 11.0 Å². The lowest BCUT2D eigenvalue weighted by molar-refractivity contribution is -0.105. The van der Waals surface area contributed by atoms with Gasteiger partial charge in [-0.3, -0.25) is 4.79 Å². The molecule has 5 nitrogen and oxygen atoms in total. The van der Waals surface area contributed by atoms with Gasteiger partial charge in [-0.1, -0.05) is 0 Å². The molecule has 1 N–H and O–H groups in total. The van der Waals surface area contributed by atoms with Gasteiger partial charge in [-0.2, -0.15) is 0 Å². The minimum Gasteiger partial charge on any atom is -0.335 e. The Labute approximate surface area is 74.4 Å². The molecule has 0 fully saturated rings. The monoisotopic (exact) mass is 176 g/mol. The molecule has 2 rings (SSSR count). The molecule has 0 aliphatic carbocycles. The van der Waals surface area contributed by atoms with E-state index in [2.05, 4.69) is 15.3 Å². The minimum atomic E-state index is 0.542. The van der Waals surface area contributed by atoms with Crippen molar-refractivity contribution in [3.05, 3.63) is 18.6 Å². The van der Waals surface area contributed by atoms with Gasteiger partial charge in [-0.15, -0.1) is 0 Å². The second-order valence-corrected chi connectivity index (χ2v) is 2.65. The van der Waals surface area contributed by atoms with Crippen LogP contribution in [0.4, 0.5) is 5.82 Å². The van der Waals surface area contributed by atoms with Crippen LogP contribution < -0.4 is 5.32 Å². The van der Waals surface area contributed by atoms with Crippen molar-refractivity contribution >= 4 is 23.3 Å². The Morgan fingerprint density at radius 1 is 1.54 bits per heavy atom. The van der Waals surface area contributed by atoms with Crippen LogP contribution in [0.25, 0.3) is 11.0 Å². The Hall–Kier alpha value is -1.91. The van der Waals surface area contributed by atoms with Crippen molar-refractivity contribution < 1.29 is 4.79 Å². The molecule has 2 heterocycles. The van der Waals surface area contributed by atoms with E-state index in [1.165, 1.54) is 6.33 Å². The van der Waals surface area contributed by atoms with Crippen molar-refractivity contribution in [3.63, 3.8) is 0 Å². The fourth-order valence-electron chi connectivity index (χ4n) is 1.25. The van der Waals surface area contributed by atoms with Gasteiger partial charge in [0.2, 0.25) is 6.41 Å². The first kappa shape index (κ1) is 7.72. The number of aromatic nitrogens is 3. The van der Waals surface area contributed by atoms with Crippen LogP contribution in [-0.2, 0) is 11.8 Å². The van der Waals surface area contributed by atoms with E-state index in [1.54, 1.807) is 0 Å². The molecule has 13 heavy (non-hydrogen) atoms. The van der Waals surface area contributed by atoms with Crippen molar-refractivity contribution in [2.45, 2.75) is 0 Å². The maximum Gasteiger partial charge on any atom is 0.212 e. The second kappa shape index (κ2) is 2.85. The molecule has 2 aromatic heterocycles. The van der Waals surface area contributed by atoms with Gasteiger partial charge in [0.05, 0.1) is 5.39 Å². The Kier molecular flexibility index (Phi) is 1.70. The van der Waals surface area contributed by atoms with Crippen molar-refractivity contribution in [1.82, 2.24) is 14.5 Å². The Morgan fingerprint density at radius 2 is 2.38 bits per heavy atom. The lowest BCUT2D eigenvalue weighted by Gasteiger charge is -1.99. The largest absolute Gasteiger partial charge is 0.335 e. The molecule has 0 bridgehead atoms. The van der Waals surface area contributed by atoms with Crippen LogP contribution in [0.5, 0.6) is 0 Å². The van der Waals surface area contributed by atoms with Crippen LogP contribution in [0.2, 0.25) is 0 Å². The molecule has 0 saturated carbocycles. The second-order valence-electron chi connectivity index (χ2n) is 2.65. The summed E-state index contributed by atoms with van der Waals surface area (Å²) in [6, 6.07) is 1.86. The van der Waals surface area contributed by atoms with Crippen LogP contribution >= 0.6 is 0 Å². The summed E-state index contributed by atoms with van der Waals surface area (Å²) < 4.78 is 1.87. The van der Waals surface area contributed by atoms with Crippen LogP contribution in [-0.4, -0.2) is 20.9 Å². The average Bonchev–Trinajstić information content (AvgIpc) is 2.50. The molecule has 0 aromatic carbocycles. The first-order valence-corrected chi connectivity index (χ1v) is 3.79. The first-order valence-electron chi connectivity index (χ1n) is 3.79. The van der Waals surface area contributed by atoms with E-state index in [9.17, 15) is 4.79 Å². The first-order chi connectivity index (χ1) is 6.33. The van der Waals surface area contributed by atoms with Gasteiger partial charge in [0.25, 0.3) is 0 Å². The number of aryl methyl sites for hydroxylation is 1. The number of hydrogen-bond acceptors (Lipinski definition) is 3. The third kappa shape index (κ3) is 1.14. The van der Waals surface area contributed by atoms with Gasteiger partial charge in [-0.25, -0.2) is 9.97 Å². The van der Waals surface area contributed by atoms with Crippen molar-refractivity contribution in [1.29, 1.82) is 0 Å². The van der Waals surface area contributed by atoms with E-state index >= 15 is 0 Å². The summed E-state index contributed by atoms with van der Waals surface area (Å²) in [7, 11) is 1.89. The number of carbonyl (C=O) groups is 1. The zero-order valence-electron chi connectivity index (χ0n) is 7.06. The zero-order valence-corrected chi connectivity index (χ0v) is 7.06. The van der Waals surface area contributed by atoms with Crippen LogP contribution in [0.3, 0.4) is 0 Å². The molecule has 0 spiro atoms. The minimum absolute atomic E-state index is 0.542. The number of fused-ring (bicyclic) bond motifs is 1. The van der Waals surface area contributed by atoms with Crippen LogP contribution in [0.15, 0.2) is 18.6 Å². The van der Waals surface area contributed by atoms with E-state index in [-0.39, 0.29) is 0 Å². The van der Waals surface area contributed by atoms with Crippen molar-refractivity contribution in [3.8, 4) is 0 Å². The number of hydrogen-bond donors (Lipinski definition) is 1. The molecule has 0 saturated heterocycles. The summed E-state index contributed by atoms with van der Waals surface area (Å²) in [5, 5.41) is 3.36. The van der Waals surface area contributed by atoms with Crippen molar-refractivity contribution in [2.24, 2.45) is 7.05 Å². The lowest BCUT2D eigenvalue weighted by Crippen LogP contribution is -1.98. The molecular formula is C8H8N4O. The maximum absolute atomic E-state index is 10.2. The zero-order chi connectivity index (χ0) is 9.26. The van der Waals surface area contributed by atoms with Gasteiger partial charge in [0, 0.05) is 13.2 Å². The number of carbonyl (C=O) groups excluding carboxylic acids is 1. The average molecular weight is 176 g/mol. The van der Waals surface area contributed by atoms with Crippen molar-refractivity contribution in [2.75, 3.05) is 5.32 Å². The van der Waals surface area contributed by atoms with E-state index in [0.29, 0.717) is 12.2 Å². The molecule has 1 amide bonds. The standard InChI is InChI=1S/C8H8N4O/c1-12-3-2-6-7(11-5-13)9-4-10-8(6)12/h2-5H,1H3,(H,9,10,11,13). The molecule has 2 aromatic rings. The van der Waals surface area contributed by atoms with Gasteiger partial charge in [0.15, 0.2) is 0 Å². The summed E-state index contributed by atoms with van der Waals surface area (Å²) >= 11 is 0. The summed E-state index contributed by atoms with van der Waals surface area (Å²) in [6.45, 7) is 0. The van der Waals surface area contributed by atoms with Crippen LogP contribution in [0, 0.1) is 0 Å². The van der Waals surface area contributed by atoms with Gasteiger partial charge >= 0.3 is 0 Å². The van der Waals surface area contributed by atoms with E-state index in [1.807, 2.05) is 23.9 Å². The summed E-state index contributed by atoms with van der Waals surface area (Å²) in [6.07, 6.45) is 3.90. The Balaban J connectivity index is 2.69. The number of anilines is 1. The molecule has 0 unspecified atom stereocenters. The molecule has 0 aliphatic heterocycles. The SMILES string of the molecule is Cn1ccc2c(NC=O)ncnc21. The summed E-state index contributed by atoms with van der Waals surface area (Å²) in [5.74, 6) is 0.542. The third-order valence-electron chi connectivity index (χ3n) is 1.86. The highest BCUT2D eigenvalue weighted by molar-refractivity contribution is 5.91. The topological polar surface area (TPSA) is 59.8 Å². The maximum atomic E-state index is 10.2. The van der Waals surface area contributed by atoms with Crippen LogP contribution in [0.1, 0.15) is 0 Å². The highest BCUT2D eigenvalue weighted by Gasteiger charge is 2.04. The van der Waals surface area contributed by atoms with Gasteiger partial charge < -0.3 is 9.88 Å². The molecule has 0 aliphatic rings. The van der Waals surface area contributed by atoms with Gasteiger partial charge in [-0.05, 0) is 6.07 Å². The fraction of sp³-hybridized carbons (Fsp3) is 0.125. The smallest absolute Gasteiger partial charge is 0.212 e. The predicted octanol–water partition coefficient (Wildman–Crippen LogP) is 0.537. The quantitative estimate of drug-likeness (QED) is 0.679. The molecule has 5 heteroatoms. The molecule has 66 valence electrons. The molecule has 0 atom stereocenters. The molecular weight excluding hydrogens is 168 g/mol. The highest BCUT2D eigenvalue weighted by Crippen LogP contribution is 2.18. The van der Waals surface area contributed by atoms with Gasteiger partial charge in [0.1, 0.15) is 17.8 Å². The summed E-state index contributed by atoms with van der Waals surface area (Å²) in [5.41, 5.74) is 0.805. The Morgan fingerprint density at radius 3 is 3.15 bits per heavy atom. The number of nitrogens with one attached hydrogen (secondary N) is 1. The summed E-state index contributed by atoms with van der Waals surface area (Å²) in [4.78, 5) is 18.3. The predicted molar refractivity (Wildman–Crippen MR) is 48.2 cm³/mol. The number of rotatable bonds is 2.